The third-order valence-electron chi connectivity index (χ3n) is 4.81. The highest BCUT2D eigenvalue weighted by molar-refractivity contribution is 5.88. The molecule has 3 rings (SSSR count). The maximum atomic E-state index is 12.0. The van der Waals surface area contributed by atoms with Gasteiger partial charge in [0, 0.05) is 29.6 Å². The first kappa shape index (κ1) is 18.7. The molecule has 0 aliphatic rings. The Balaban J connectivity index is 2.04. The second-order valence-electron chi connectivity index (χ2n) is 6.73. The van der Waals surface area contributed by atoms with Crippen LogP contribution >= 0.6 is 0 Å². The molecular weight excluding hydrogens is 340 g/mol. The molecule has 27 heavy (non-hydrogen) atoms. The number of para-hydroxylation sites is 1. The van der Waals surface area contributed by atoms with Crippen LogP contribution in [-0.2, 0) is 16.1 Å². The monoisotopic (exact) mass is 364 g/mol. The maximum absolute atomic E-state index is 12.0. The van der Waals surface area contributed by atoms with Crippen LogP contribution in [0.2, 0.25) is 0 Å². The summed E-state index contributed by atoms with van der Waals surface area (Å²) >= 11 is 0. The summed E-state index contributed by atoms with van der Waals surface area (Å²) in [6, 6.07) is 18.4. The second kappa shape index (κ2) is 8.54. The lowest BCUT2D eigenvalue weighted by Crippen LogP contribution is -2.12. The van der Waals surface area contributed by atoms with Gasteiger partial charge < -0.3 is 14.5 Å². The Kier molecular flexibility index (Phi) is 5.91. The van der Waals surface area contributed by atoms with Gasteiger partial charge in [-0.05, 0) is 30.5 Å². The summed E-state index contributed by atoms with van der Waals surface area (Å²) < 4.78 is 7.09. The van der Waals surface area contributed by atoms with Gasteiger partial charge in [-0.15, -0.1) is 0 Å². The number of oxime groups is 1. The molecule has 0 aliphatic heterocycles. The van der Waals surface area contributed by atoms with Crippen LogP contribution in [0.3, 0.4) is 0 Å². The second-order valence-corrected chi connectivity index (χ2v) is 6.73. The third-order valence-corrected chi connectivity index (χ3v) is 4.81. The van der Waals surface area contributed by atoms with Crippen LogP contribution in [0.4, 0.5) is 0 Å². The van der Waals surface area contributed by atoms with E-state index >= 15 is 0 Å². The Morgan fingerprint density at radius 2 is 1.81 bits per heavy atom. The van der Waals surface area contributed by atoms with Gasteiger partial charge >= 0.3 is 5.97 Å². The first-order valence-corrected chi connectivity index (χ1v) is 8.98. The smallest absolute Gasteiger partial charge is 0.306 e. The molecule has 0 spiro atoms. The van der Waals surface area contributed by atoms with E-state index in [9.17, 15) is 4.79 Å². The molecule has 0 aliphatic carbocycles. The van der Waals surface area contributed by atoms with Crippen molar-refractivity contribution in [3.8, 4) is 0 Å². The fourth-order valence-corrected chi connectivity index (χ4v) is 3.49. The van der Waals surface area contributed by atoms with Gasteiger partial charge in [-0.25, -0.2) is 0 Å². The number of carbonyl (C=O) groups excluding carboxylic acids is 1. The molecule has 0 radical (unpaired) electrons. The molecular formula is C22H24N2O3. The van der Waals surface area contributed by atoms with Gasteiger partial charge in [-0.1, -0.05) is 53.7 Å². The number of aromatic nitrogens is 1. The molecule has 0 saturated heterocycles. The van der Waals surface area contributed by atoms with Crippen LogP contribution in [-0.4, -0.2) is 28.6 Å². The van der Waals surface area contributed by atoms with Crippen LogP contribution in [0.25, 0.3) is 10.9 Å². The van der Waals surface area contributed by atoms with Gasteiger partial charge in [0.1, 0.15) is 0 Å². The largest absolute Gasteiger partial charge is 0.469 e. The lowest BCUT2D eigenvalue weighted by Gasteiger charge is -2.14. The lowest BCUT2D eigenvalue weighted by atomic mass is 9.90. The highest BCUT2D eigenvalue weighted by atomic mass is 16.5. The Morgan fingerprint density at radius 1 is 1.11 bits per heavy atom. The van der Waals surface area contributed by atoms with Crippen molar-refractivity contribution in [3.63, 3.8) is 0 Å². The lowest BCUT2D eigenvalue weighted by molar-refractivity contribution is -0.141. The highest BCUT2D eigenvalue weighted by Gasteiger charge is 2.22. The predicted molar refractivity (Wildman–Crippen MR) is 106 cm³/mol. The Hall–Kier alpha value is -3.08. The molecule has 1 N–H and O–H groups in total. The van der Waals surface area contributed by atoms with Crippen LogP contribution < -0.4 is 0 Å². The number of ether oxygens (including phenoxy) is 1. The van der Waals surface area contributed by atoms with Crippen molar-refractivity contribution in [1.82, 2.24) is 4.57 Å². The van der Waals surface area contributed by atoms with Crippen molar-refractivity contribution in [2.45, 2.75) is 32.2 Å². The minimum Gasteiger partial charge on any atom is -0.469 e. The zero-order valence-electron chi connectivity index (χ0n) is 15.6. The summed E-state index contributed by atoms with van der Waals surface area (Å²) in [5.41, 5.74) is 3.98. The van der Waals surface area contributed by atoms with Crippen molar-refractivity contribution in [2.24, 2.45) is 5.16 Å². The van der Waals surface area contributed by atoms with Gasteiger partial charge in [0.15, 0.2) is 0 Å². The number of hydrogen-bond donors (Lipinski definition) is 1. The van der Waals surface area contributed by atoms with Crippen molar-refractivity contribution >= 4 is 22.6 Å². The molecule has 5 heteroatoms. The van der Waals surface area contributed by atoms with E-state index in [0.717, 1.165) is 23.0 Å². The fraction of sp³-hybridized carbons (Fsp3) is 0.273. The van der Waals surface area contributed by atoms with Crippen molar-refractivity contribution in [2.75, 3.05) is 7.11 Å². The minimum atomic E-state index is -0.273. The van der Waals surface area contributed by atoms with E-state index in [-0.39, 0.29) is 18.3 Å². The topological polar surface area (TPSA) is 63.8 Å². The first-order chi connectivity index (χ1) is 13.1. The third kappa shape index (κ3) is 4.37. The molecule has 1 atom stereocenters. The fourth-order valence-electron chi connectivity index (χ4n) is 3.49. The van der Waals surface area contributed by atoms with Crippen molar-refractivity contribution < 1.29 is 14.7 Å². The van der Waals surface area contributed by atoms with Crippen molar-refractivity contribution in [3.05, 3.63) is 71.9 Å². The molecule has 3 aromatic rings. The number of hydrogen-bond acceptors (Lipinski definition) is 4. The van der Waals surface area contributed by atoms with Gasteiger partial charge in [0.05, 0.1) is 19.2 Å². The van der Waals surface area contributed by atoms with Gasteiger partial charge in [0.25, 0.3) is 0 Å². The van der Waals surface area contributed by atoms with E-state index in [1.54, 1.807) is 6.92 Å². The van der Waals surface area contributed by atoms with Crippen LogP contribution in [0.5, 0.6) is 0 Å². The first-order valence-electron chi connectivity index (χ1n) is 8.98. The van der Waals surface area contributed by atoms with E-state index < -0.39 is 0 Å². The molecule has 2 aromatic carbocycles. The Morgan fingerprint density at radius 3 is 2.52 bits per heavy atom. The zero-order valence-corrected chi connectivity index (χ0v) is 15.6. The van der Waals surface area contributed by atoms with E-state index in [4.69, 9.17) is 9.94 Å². The van der Waals surface area contributed by atoms with Crippen LogP contribution in [0, 0.1) is 0 Å². The number of rotatable bonds is 7. The van der Waals surface area contributed by atoms with Crippen molar-refractivity contribution in [1.29, 1.82) is 0 Å². The summed E-state index contributed by atoms with van der Waals surface area (Å²) in [7, 11) is 1.39. The summed E-state index contributed by atoms with van der Waals surface area (Å²) in [6.07, 6.45) is 2.84. The number of methoxy groups -OCH3 is 1. The van der Waals surface area contributed by atoms with E-state index in [1.165, 1.54) is 12.7 Å². The van der Waals surface area contributed by atoms with Gasteiger partial charge in [-0.2, -0.15) is 0 Å². The standard InChI is InChI=1S/C22H24N2O3/c1-16(23-26)12-18(13-22(25)27-2)20-15-24(14-17-8-4-3-5-9-17)21-11-7-6-10-19(20)21/h3-11,15,18,26H,12-14H2,1-2H3/b23-16-/t18-/m0/s1. The van der Waals surface area contributed by atoms with Gasteiger partial charge in [0.2, 0.25) is 0 Å². The molecule has 5 nitrogen and oxygen atoms in total. The summed E-state index contributed by atoms with van der Waals surface area (Å²) in [5, 5.41) is 13.5. The number of esters is 1. The maximum Gasteiger partial charge on any atom is 0.306 e. The Bertz CT molecular complexity index is 945. The number of carbonyl (C=O) groups is 1. The molecule has 0 saturated carbocycles. The average molecular weight is 364 g/mol. The normalized spacial score (nSPS) is 12.9. The zero-order chi connectivity index (χ0) is 19.2. The SMILES string of the molecule is COC(=O)C[C@H](C/C(C)=N\O)c1cn(Cc2ccccc2)c2ccccc12. The quantitative estimate of drug-likeness (QED) is 0.289. The highest BCUT2D eigenvalue weighted by Crippen LogP contribution is 2.33. The molecule has 1 aromatic heterocycles. The molecule has 0 amide bonds. The van der Waals surface area contributed by atoms with E-state index in [0.29, 0.717) is 12.1 Å². The summed E-state index contributed by atoms with van der Waals surface area (Å²) in [4.78, 5) is 12.0. The van der Waals surface area contributed by atoms with E-state index in [1.807, 2.05) is 30.3 Å². The van der Waals surface area contributed by atoms with Crippen LogP contribution in [0.1, 0.15) is 36.8 Å². The molecule has 0 bridgehead atoms. The Labute approximate surface area is 158 Å². The number of nitrogens with zero attached hydrogens (tertiary/aromatic N) is 2. The number of fused-ring (bicyclic) bond motifs is 1. The molecule has 140 valence electrons. The van der Waals surface area contributed by atoms with Crippen LogP contribution in [0.15, 0.2) is 65.9 Å². The average Bonchev–Trinajstić information content (AvgIpc) is 3.06. The number of benzene rings is 2. The summed E-state index contributed by atoms with van der Waals surface area (Å²) in [6.45, 7) is 2.51. The molecule has 0 fully saturated rings. The van der Waals surface area contributed by atoms with E-state index in [2.05, 4.69) is 40.2 Å². The molecule has 1 heterocycles. The molecule has 0 unspecified atom stereocenters. The predicted octanol–water partition coefficient (Wildman–Crippen LogP) is 4.58. The summed E-state index contributed by atoms with van der Waals surface area (Å²) in [5.74, 6) is -0.388. The minimum absolute atomic E-state index is 0.115. The van der Waals surface area contributed by atoms with Gasteiger partial charge in [-0.3, -0.25) is 4.79 Å².